The Labute approximate surface area is 126 Å². The molecule has 0 atom stereocenters. The van der Waals surface area contributed by atoms with Crippen LogP contribution in [0.2, 0.25) is 0 Å². The Hall–Kier alpha value is -3.04. The Balaban J connectivity index is 2.18. The number of aromatic nitrogens is 4. The standard InChI is InChI=1S/C13H8F3N5O2/c1-7-17-18-12-5-3-10(19-20(7)12)8-2-4-11(21(22)23)9(6-8)13(14,15)16/h2-6H,1H3. The molecule has 0 saturated heterocycles. The van der Waals surface area contributed by atoms with E-state index in [0.29, 0.717) is 17.5 Å². The average molecular weight is 323 g/mol. The zero-order chi connectivity index (χ0) is 16.8. The van der Waals surface area contributed by atoms with E-state index < -0.39 is 22.4 Å². The third-order valence-corrected chi connectivity index (χ3v) is 3.21. The molecule has 0 aliphatic rings. The van der Waals surface area contributed by atoms with Crippen molar-refractivity contribution < 1.29 is 18.1 Å². The highest BCUT2D eigenvalue weighted by Crippen LogP contribution is 2.38. The van der Waals surface area contributed by atoms with E-state index in [1.54, 1.807) is 13.0 Å². The molecule has 0 aliphatic carbocycles. The van der Waals surface area contributed by atoms with Crippen LogP contribution in [-0.4, -0.2) is 24.7 Å². The van der Waals surface area contributed by atoms with Crippen molar-refractivity contribution in [3.05, 3.63) is 51.8 Å². The van der Waals surface area contributed by atoms with Crippen LogP contribution < -0.4 is 0 Å². The lowest BCUT2D eigenvalue weighted by Crippen LogP contribution is -2.09. The lowest BCUT2D eigenvalue weighted by atomic mass is 10.1. The number of nitro groups is 1. The van der Waals surface area contributed by atoms with Crippen molar-refractivity contribution in [1.29, 1.82) is 0 Å². The van der Waals surface area contributed by atoms with Crippen LogP contribution in [0.15, 0.2) is 30.3 Å². The SMILES string of the molecule is Cc1nnc2ccc(-c3ccc([N+](=O)[O-])c(C(F)(F)F)c3)nn12. The summed E-state index contributed by atoms with van der Waals surface area (Å²) >= 11 is 0. The molecule has 0 radical (unpaired) electrons. The lowest BCUT2D eigenvalue weighted by Gasteiger charge is -2.09. The van der Waals surface area contributed by atoms with Gasteiger partial charge in [-0.1, -0.05) is 0 Å². The highest BCUT2D eigenvalue weighted by Gasteiger charge is 2.38. The van der Waals surface area contributed by atoms with Gasteiger partial charge in [0.05, 0.1) is 10.6 Å². The van der Waals surface area contributed by atoms with E-state index in [9.17, 15) is 23.3 Å². The van der Waals surface area contributed by atoms with Crippen LogP contribution in [0.1, 0.15) is 11.4 Å². The van der Waals surface area contributed by atoms with Crippen molar-refractivity contribution in [3.8, 4) is 11.3 Å². The van der Waals surface area contributed by atoms with Gasteiger partial charge < -0.3 is 0 Å². The number of aryl methyl sites for hydroxylation is 1. The molecule has 0 fully saturated rings. The fraction of sp³-hybridized carbons (Fsp3) is 0.154. The van der Waals surface area contributed by atoms with Crippen molar-refractivity contribution >= 4 is 11.3 Å². The maximum atomic E-state index is 13.0. The maximum Gasteiger partial charge on any atom is 0.423 e. The second kappa shape index (κ2) is 5.00. The number of halogens is 3. The highest BCUT2D eigenvalue weighted by molar-refractivity contribution is 5.64. The topological polar surface area (TPSA) is 86.2 Å². The molecular formula is C13H8F3N5O2. The van der Waals surface area contributed by atoms with Crippen LogP contribution in [-0.2, 0) is 6.18 Å². The first-order valence-electron chi connectivity index (χ1n) is 6.32. The molecule has 0 saturated carbocycles. The van der Waals surface area contributed by atoms with Gasteiger partial charge in [0.15, 0.2) is 11.5 Å². The van der Waals surface area contributed by atoms with E-state index in [-0.39, 0.29) is 11.3 Å². The number of alkyl halides is 3. The van der Waals surface area contributed by atoms with Gasteiger partial charge in [-0.25, -0.2) is 0 Å². The van der Waals surface area contributed by atoms with Gasteiger partial charge in [0.25, 0.3) is 5.69 Å². The normalized spacial score (nSPS) is 11.8. The maximum absolute atomic E-state index is 13.0. The Morgan fingerprint density at radius 3 is 2.57 bits per heavy atom. The van der Waals surface area contributed by atoms with Gasteiger partial charge in [-0.05, 0) is 31.2 Å². The second-order valence-electron chi connectivity index (χ2n) is 4.72. The van der Waals surface area contributed by atoms with Crippen LogP contribution in [0.4, 0.5) is 18.9 Å². The first-order chi connectivity index (χ1) is 10.8. The van der Waals surface area contributed by atoms with Crippen LogP contribution in [0.25, 0.3) is 16.9 Å². The molecule has 23 heavy (non-hydrogen) atoms. The molecule has 10 heteroatoms. The van der Waals surface area contributed by atoms with Gasteiger partial charge in [-0.15, -0.1) is 10.2 Å². The Kier molecular flexibility index (Phi) is 3.24. The molecule has 2 heterocycles. The molecule has 1 aromatic carbocycles. The van der Waals surface area contributed by atoms with E-state index in [1.165, 1.54) is 16.6 Å². The van der Waals surface area contributed by atoms with Gasteiger partial charge in [-0.2, -0.15) is 22.8 Å². The van der Waals surface area contributed by atoms with Gasteiger partial charge in [0.2, 0.25) is 0 Å². The predicted octanol–water partition coefficient (Wildman–Crippen LogP) is 3.03. The minimum atomic E-state index is -4.84. The molecule has 2 aromatic heterocycles. The van der Waals surface area contributed by atoms with Crippen LogP contribution in [0.5, 0.6) is 0 Å². The molecule has 0 aliphatic heterocycles. The fourth-order valence-corrected chi connectivity index (χ4v) is 2.13. The zero-order valence-electron chi connectivity index (χ0n) is 11.6. The molecule has 7 nitrogen and oxygen atoms in total. The number of nitro benzene ring substituents is 1. The molecule has 0 spiro atoms. The third-order valence-electron chi connectivity index (χ3n) is 3.21. The molecule has 0 amide bonds. The molecule has 0 bridgehead atoms. The summed E-state index contributed by atoms with van der Waals surface area (Å²) in [6, 6.07) is 5.79. The summed E-state index contributed by atoms with van der Waals surface area (Å²) < 4.78 is 40.4. The predicted molar refractivity (Wildman–Crippen MR) is 72.6 cm³/mol. The Morgan fingerprint density at radius 2 is 1.91 bits per heavy atom. The summed E-state index contributed by atoms with van der Waals surface area (Å²) in [6.07, 6.45) is -4.84. The molecular weight excluding hydrogens is 315 g/mol. The first-order valence-corrected chi connectivity index (χ1v) is 6.32. The summed E-state index contributed by atoms with van der Waals surface area (Å²) in [5.41, 5.74) is -1.53. The van der Waals surface area contributed by atoms with Crippen molar-refractivity contribution in [1.82, 2.24) is 19.8 Å². The molecule has 3 rings (SSSR count). The van der Waals surface area contributed by atoms with Gasteiger partial charge >= 0.3 is 6.18 Å². The van der Waals surface area contributed by atoms with E-state index in [2.05, 4.69) is 15.3 Å². The number of benzene rings is 1. The zero-order valence-corrected chi connectivity index (χ0v) is 11.6. The Bertz CT molecular complexity index is 920. The number of fused-ring (bicyclic) bond motifs is 1. The number of rotatable bonds is 2. The lowest BCUT2D eigenvalue weighted by molar-refractivity contribution is -0.388. The first kappa shape index (κ1) is 14.9. The van der Waals surface area contributed by atoms with Crippen molar-refractivity contribution in [3.63, 3.8) is 0 Å². The Morgan fingerprint density at radius 1 is 1.17 bits per heavy atom. The quantitative estimate of drug-likeness (QED) is 0.534. The monoisotopic (exact) mass is 323 g/mol. The van der Waals surface area contributed by atoms with Crippen LogP contribution >= 0.6 is 0 Å². The molecule has 0 unspecified atom stereocenters. The molecule has 0 N–H and O–H groups in total. The van der Waals surface area contributed by atoms with Crippen molar-refractivity contribution in [2.45, 2.75) is 13.1 Å². The summed E-state index contributed by atoms with van der Waals surface area (Å²) in [5.74, 6) is 0.472. The summed E-state index contributed by atoms with van der Waals surface area (Å²) in [5, 5.41) is 22.6. The fourth-order valence-electron chi connectivity index (χ4n) is 2.13. The minimum absolute atomic E-state index is 0.109. The van der Waals surface area contributed by atoms with Crippen molar-refractivity contribution in [2.75, 3.05) is 0 Å². The smallest absolute Gasteiger partial charge is 0.258 e. The summed E-state index contributed by atoms with van der Waals surface area (Å²) in [4.78, 5) is 9.71. The average Bonchev–Trinajstić information content (AvgIpc) is 2.86. The number of hydrogen-bond acceptors (Lipinski definition) is 5. The summed E-state index contributed by atoms with van der Waals surface area (Å²) in [6.45, 7) is 1.65. The van der Waals surface area contributed by atoms with Crippen molar-refractivity contribution in [2.24, 2.45) is 0 Å². The van der Waals surface area contributed by atoms with E-state index in [4.69, 9.17) is 0 Å². The highest BCUT2D eigenvalue weighted by atomic mass is 19.4. The largest absolute Gasteiger partial charge is 0.423 e. The minimum Gasteiger partial charge on any atom is -0.258 e. The van der Waals surface area contributed by atoms with Crippen LogP contribution in [0.3, 0.4) is 0 Å². The summed E-state index contributed by atoms with van der Waals surface area (Å²) in [7, 11) is 0. The number of nitrogens with zero attached hydrogens (tertiary/aromatic N) is 5. The van der Waals surface area contributed by atoms with E-state index in [0.717, 1.165) is 6.07 Å². The van der Waals surface area contributed by atoms with Gasteiger partial charge in [0, 0.05) is 11.6 Å². The second-order valence-corrected chi connectivity index (χ2v) is 4.72. The van der Waals surface area contributed by atoms with Gasteiger partial charge in [-0.3, -0.25) is 10.1 Å². The van der Waals surface area contributed by atoms with E-state index >= 15 is 0 Å². The van der Waals surface area contributed by atoms with Crippen LogP contribution in [0, 0.1) is 17.0 Å². The van der Waals surface area contributed by atoms with Gasteiger partial charge in [0.1, 0.15) is 5.56 Å². The molecule has 118 valence electrons. The number of hydrogen-bond donors (Lipinski definition) is 0. The van der Waals surface area contributed by atoms with E-state index in [1.807, 2.05) is 0 Å². The molecule has 3 aromatic rings. The third kappa shape index (κ3) is 2.58.